The Balaban J connectivity index is 4.56. The zero-order valence-electron chi connectivity index (χ0n) is 10.4. The van der Waals surface area contributed by atoms with Gasteiger partial charge < -0.3 is 16.2 Å². The molecule has 0 fully saturated rings. The first-order valence-electron chi connectivity index (χ1n) is 5.46. The molecule has 0 heterocycles. The van der Waals surface area contributed by atoms with E-state index in [-0.39, 0.29) is 17.7 Å². The van der Waals surface area contributed by atoms with E-state index in [1.165, 1.54) is 0 Å². The first-order chi connectivity index (χ1) is 7.18. The highest BCUT2D eigenvalue weighted by molar-refractivity contribution is 5.82. The van der Waals surface area contributed by atoms with Crippen molar-refractivity contribution in [2.24, 2.45) is 11.1 Å². The van der Waals surface area contributed by atoms with Gasteiger partial charge in [-0.25, -0.2) is 0 Å². The molecule has 5 nitrogen and oxygen atoms in total. The maximum atomic E-state index is 11.6. The molecule has 0 bridgehead atoms. The van der Waals surface area contributed by atoms with Gasteiger partial charge >= 0.3 is 5.97 Å². The monoisotopic (exact) mass is 230 g/mol. The van der Waals surface area contributed by atoms with Gasteiger partial charge in [-0.05, 0) is 11.8 Å². The number of nitrogens with two attached hydrogens (primary N) is 1. The summed E-state index contributed by atoms with van der Waals surface area (Å²) < 4.78 is 0. The van der Waals surface area contributed by atoms with Crippen LogP contribution in [0.15, 0.2) is 0 Å². The molecular weight excluding hydrogens is 208 g/mol. The highest BCUT2D eigenvalue weighted by atomic mass is 16.4. The number of nitrogens with one attached hydrogen (secondary N) is 1. The lowest BCUT2D eigenvalue weighted by atomic mass is 9.84. The SMILES string of the molecule is CC[C@@H](N)C(=O)NC(CC(=O)O)C(C)(C)C. The average molecular weight is 230 g/mol. The highest BCUT2D eigenvalue weighted by Gasteiger charge is 2.29. The quantitative estimate of drug-likeness (QED) is 0.649. The first-order valence-corrected chi connectivity index (χ1v) is 5.46. The van der Waals surface area contributed by atoms with Crippen LogP contribution in [0.2, 0.25) is 0 Å². The number of carboxylic acid groups (broad SMARTS) is 1. The van der Waals surface area contributed by atoms with Crippen molar-refractivity contribution < 1.29 is 14.7 Å². The summed E-state index contributed by atoms with van der Waals surface area (Å²) in [5.74, 6) is -1.21. The topological polar surface area (TPSA) is 92.4 Å². The minimum atomic E-state index is -0.926. The first kappa shape index (κ1) is 14.9. The summed E-state index contributed by atoms with van der Waals surface area (Å²) in [6.45, 7) is 7.47. The van der Waals surface area contributed by atoms with Crippen molar-refractivity contribution in [2.45, 2.75) is 52.6 Å². The van der Waals surface area contributed by atoms with Crippen LogP contribution in [-0.4, -0.2) is 29.1 Å². The molecule has 0 aliphatic carbocycles. The van der Waals surface area contributed by atoms with Crippen molar-refractivity contribution in [2.75, 3.05) is 0 Å². The molecule has 5 heteroatoms. The number of hydrogen-bond donors (Lipinski definition) is 3. The largest absolute Gasteiger partial charge is 0.481 e. The average Bonchev–Trinajstić information content (AvgIpc) is 2.13. The molecule has 94 valence electrons. The van der Waals surface area contributed by atoms with Gasteiger partial charge in [-0.1, -0.05) is 27.7 Å². The molecule has 0 aromatic heterocycles. The van der Waals surface area contributed by atoms with Crippen LogP contribution in [0.5, 0.6) is 0 Å². The Hall–Kier alpha value is -1.10. The highest BCUT2D eigenvalue weighted by Crippen LogP contribution is 2.21. The minimum Gasteiger partial charge on any atom is -0.481 e. The molecule has 1 unspecified atom stereocenters. The summed E-state index contributed by atoms with van der Waals surface area (Å²) >= 11 is 0. The molecule has 0 rings (SSSR count). The van der Waals surface area contributed by atoms with Crippen molar-refractivity contribution in [1.82, 2.24) is 5.32 Å². The fraction of sp³-hybridized carbons (Fsp3) is 0.818. The van der Waals surface area contributed by atoms with E-state index in [1.54, 1.807) is 0 Å². The molecule has 0 aromatic carbocycles. The van der Waals surface area contributed by atoms with Crippen LogP contribution in [0.4, 0.5) is 0 Å². The van der Waals surface area contributed by atoms with E-state index < -0.39 is 18.1 Å². The van der Waals surface area contributed by atoms with Crippen molar-refractivity contribution >= 4 is 11.9 Å². The zero-order chi connectivity index (χ0) is 12.9. The Kier molecular flexibility index (Phi) is 5.44. The predicted octanol–water partition coefficient (Wildman–Crippen LogP) is 0.729. The third kappa shape index (κ3) is 5.11. The zero-order valence-corrected chi connectivity index (χ0v) is 10.4. The van der Waals surface area contributed by atoms with Gasteiger partial charge in [-0.3, -0.25) is 9.59 Å². The van der Waals surface area contributed by atoms with Gasteiger partial charge in [0.1, 0.15) is 0 Å². The molecule has 0 aliphatic heterocycles. The minimum absolute atomic E-state index is 0.0916. The van der Waals surface area contributed by atoms with E-state index >= 15 is 0 Å². The fourth-order valence-corrected chi connectivity index (χ4v) is 1.21. The molecule has 16 heavy (non-hydrogen) atoms. The third-order valence-electron chi connectivity index (χ3n) is 2.52. The number of hydrogen-bond acceptors (Lipinski definition) is 3. The van der Waals surface area contributed by atoms with Crippen molar-refractivity contribution in [3.63, 3.8) is 0 Å². The Morgan fingerprint density at radius 1 is 1.38 bits per heavy atom. The molecule has 0 radical (unpaired) electrons. The summed E-state index contributed by atoms with van der Waals surface area (Å²) in [4.78, 5) is 22.3. The van der Waals surface area contributed by atoms with E-state index in [0.29, 0.717) is 6.42 Å². The second-order valence-corrected chi connectivity index (χ2v) is 5.04. The van der Waals surface area contributed by atoms with Gasteiger partial charge in [0.25, 0.3) is 0 Å². The van der Waals surface area contributed by atoms with Crippen molar-refractivity contribution in [1.29, 1.82) is 0 Å². The second-order valence-electron chi connectivity index (χ2n) is 5.04. The number of carbonyl (C=O) groups is 2. The number of rotatable bonds is 5. The molecule has 4 N–H and O–H groups in total. The standard InChI is InChI=1S/C11H22N2O3/c1-5-7(12)10(16)13-8(6-9(14)15)11(2,3)4/h7-8H,5-6,12H2,1-4H3,(H,13,16)(H,14,15)/t7-,8?/m1/s1. The fourth-order valence-electron chi connectivity index (χ4n) is 1.21. The van der Waals surface area contributed by atoms with Gasteiger partial charge in [-0.2, -0.15) is 0 Å². The van der Waals surface area contributed by atoms with E-state index in [0.717, 1.165) is 0 Å². The van der Waals surface area contributed by atoms with E-state index in [2.05, 4.69) is 5.32 Å². The lowest BCUT2D eigenvalue weighted by Crippen LogP contribution is -2.50. The molecule has 0 aliphatic rings. The lowest BCUT2D eigenvalue weighted by molar-refractivity contribution is -0.138. The number of carbonyl (C=O) groups excluding carboxylic acids is 1. The third-order valence-corrected chi connectivity index (χ3v) is 2.52. The Labute approximate surface area is 96.4 Å². The Morgan fingerprint density at radius 2 is 1.88 bits per heavy atom. The number of carboxylic acids is 1. The summed E-state index contributed by atoms with van der Waals surface area (Å²) in [6.07, 6.45) is 0.446. The molecule has 1 amide bonds. The van der Waals surface area contributed by atoms with Gasteiger partial charge in [0, 0.05) is 6.04 Å². The van der Waals surface area contributed by atoms with Crippen LogP contribution < -0.4 is 11.1 Å². The normalized spacial score (nSPS) is 15.3. The molecular formula is C11H22N2O3. The van der Waals surface area contributed by atoms with Crippen molar-refractivity contribution in [3.05, 3.63) is 0 Å². The number of aliphatic carboxylic acids is 1. The number of amides is 1. The van der Waals surface area contributed by atoms with Crippen molar-refractivity contribution in [3.8, 4) is 0 Å². The Morgan fingerprint density at radius 3 is 2.19 bits per heavy atom. The lowest BCUT2D eigenvalue weighted by Gasteiger charge is -2.31. The van der Waals surface area contributed by atoms with Gasteiger partial charge in [0.2, 0.25) is 5.91 Å². The van der Waals surface area contributed by atoms with E-state index in [4.69, 9.17) is 10.8 Å². The maximum Gasteiger partial charge on any atom is 0.305 e. The maximum absolute atomic E-state index is 11.6. The molecule has 0 aromatic rings. The second kappa shape index (κ2) is 5.84. The van der Waals surface area contributed by atoms with Crippen LogP contribution in [-0.2, 0) is 9.59 Å². The Bertz CT molecular complexity index is 258. The van der Waals surface area contributed by atoms with Gasteiger partial charge in [0.15, 0.2) is 0 Å². The van der Waals surface area contributed by atoms with Crippen LogP contribution in [0.25, 0.3) is 0 Å². The predicted molar refractivity (Wildman–Crippen MR) is 61.9 cm³/mol. The van der Waals surface area contributed by atoms with E-state index in [9.17, 15) is 9.59 Å². The summed E-state index contributed by atoms with van der Waals surface area (Å²) in [6, 6.07) is -0.978. The van der Waals surface area contributed by atoms with Crippen LogP contribution in [0.3, 0.4) is 0 Å². The van der Waals surface area contributed by atoms with Crippen LogP contribution in [0.1, 0.15) is 40.5 Å². The van der Waals surface area contributed by atoms with Crippen LogP contribution >= 0.6 is 0 Å². The van der Waals surface area contributed by atoms with Crippen LogP contribution in [0, 0.1) is 5.41 Å². The van der Waals surface area contributed by atoms with Gasteiger partial charge in [0.05, 0.1) is 12.5 Å². The molecule has 0 saturated carbocycles. The molecule has 2 atom stereocenters. The molecule has 0 spiro atoms. The smallest absolute Gasteiger partial charge is 0.305 e. The summed E-state index contributed by atoms with van der Waals surface area (Å²) in [5, 5.41) is 11.5. The summed E-state index contributed by atoms with van der Waals surface area (Å²) in [5.41, 5.74) is 5.28. The van der Waals surface area contributed by atoms with E-state index in [1.807, 2.05) is 27.7 Å². The van der Waals surface area contributed by atoms with Gasteiger partial charge in [-0.15, -0.1) is 0 Å². The molecule has 0 saturated heterocycles. The summed E-state index contributed by atoms with van der Waals surface area (Å²) in [7, 11) is 0.